The third-order valence-electron chi connectivity index (χ3n) is 4.19. The fraction of sp³-hybridized carbons (Fsp3) is 0.650. The first kappa shape index (κ1) is 20.0. The number of hydrogen-bond donors (Lipinski definition) is 1. The maximum Gasteiger partial charge on any atom is 0.251 e. The monoisotopic (exact) mass is 337 g/mol. The molecule has 0 bridgehead atoms. The molecule has 0 saturated carbocycles. The van der Waals surface area contributed by atoms with Gasteiger partial charge in [-0.1, -0.05) is 52.6 Å². The van der Waals surface area contributed by atoms with Crippen molar-refractivity contribution in [3.05, 3.63) is 34.9 Å². The van der Waals surface area contributed by atoms with E-state index in [2.05, 4.69) is 39.9 Å². The fourth-order valence-corrected chi connectivity index (χ4v) is 3.88. The Labute approximate surface area is 147 Å². The topological polar surface area (TPSA) is 29.1 Å². The minimum Gasteiger partial charge on any atom is -0.351 e. The molecule has 1 rings (SSSR count). The van der Waals surface area contributed by atoms with Crippen LogP contribution in [-0.2, 0) is 0 Å². The lowest BCUT2D eigenvalue weighted by Crippen LogP contribution is -2.39. The molecule has 0 spiro atoms. The normalized spacial score (nSPS) is 12.0. The van der Waals surface area contributed by atoms with Crippen molar-refractivity contribution >= 4 is 17.5 Å². The average Bonchev–Trinajstić information content (AvgIpc) is 2.44. The summed E-state index contributed by atoms with van der Waals surface area (Å²) in [5.74, 6) is 1.26. The van der Waals surface area contributed by atoms with Gasteiger partial charge in [0.05, 0.1) is 0 Å². The van der Waals surface area contributed by atoms with E-state index < -0.39 is 0 Å². The van der Waals surface area contributed by atoms with E-state index in [9.17, 15) is 4.79 Å². The lowest BCUT2D eigenvalue weighted by atomic mass is 9.71. The maximum absolute atomic E-state index is 12.4. The molecular formula is C20H32ClNO. The van der Waals surface area contributed by atoms with Crippen molar-refractivity contribution in [1.82, 2.24) is 5.32 Å². The van der Waals surface area contributed by atoms with Crippen LogP contribution < -0.4 is 5.32 Å². The van der Waals surface area contributed by atoms with Gasteiger partial charge in [0.25, 0.3) is 5.91 Å². The molecule has 0 saturated heterocycles. The number of nitrogens with one attached hydrogen (secondary N) is 1. The zero-order valence-electron chi connectivity index (χ0n) is 15.3. The molecule has 0 fully saturated rings. The third kappa shape index (κ3) is 6.95. The molecule has 1 aromatic rings. The molecule has 0 aliphatic carbocycles. The molecule has 0 aliphatic rings. The lowest BCUT2D eigenvalue weighted by molar-refractivity contribution is 0.0894. The van der Waals surface area contributed by atoms with Gasteiger partial charge < -0.3 is 5.32 Å². The third-order valence-corrected chi connectivity index (χ3v) is 4.45. The predicted molar refractivity (Wildman–Crippen MR) is 100 cm³/mol. The highest BCUT2D eigenvalue weighted by Gasteiger charge is 2.31. The first-order valence-electron chi connectivity index (χ1n) is 8.82. The largest absolute Gasteiger partial charge is 0.351 e. The molecule has 0 atom stereocenters. The average molecular weight is 338 g/mol. The van der Waals surface area contributed by atoms with Gasteiger partial charge in [0.2, 0.25) is 0 Å². The van der Waals surface area contributed by atoms with Crippen molar-refractivity contribution in [1.29, 1.82) is 0 Å². The van der Waals surface area contributed by atoms with Crippen LogP contribution in [0.15, 0.2) is 24.3 Å². The Morgan fingerprint density at radius 1 is 1.09 bits per heavy atom. The summed E-state index contributed by atoms with van der Waals surface area (Å²) in [5.41, 5.74) is 0.869. The molecular weight excluding hydrogens is 306 g/mol. The second-order valence-electron chi connectivity index (χ2n) is 7.64. The molecule has 0 aliphatic heterocycles. The van der Waals surface area contributed by atoms with Crippen LogP contribution >= 0.6 is 11.6 Å². The van der Waals surface area contributed by atoms with Gasteiger partial charge in [-0.05, 0) is 60.8 Å². The van der Waals surface area contributed by atoms with Crippen LogP contribution in [0.1, 0.15) is 70.7 Å². The predicted octanol–water partition coefficient (Wildman–Crippen LogP) is 5.95. The number of amides is 1. The molecule has 1 amide bonds. The Kier molecular flexibility index (Phi) is 8.11. The van der Waals surface area contributed by atoms with Crippen LogP contribution in [-0.4, -0.2) is 12.5 Å². The molecule has 1 N–H and O–H groups in total. The molecule has 130 valence electrons. The van der Waals surface area contributed by atoms with Gasteiger partial charge in [0, 0.05) is 17.1 Å². The van der Waals surface area contributed by atoms with E-state index in [1.165, 1.54) is 0 Å². The van der Waals surface area contributed by atoms with E-state index in [4.69, 9.17) is 11.6 Å². The summed E-state index contributed by atoms with van der Waals surface area (Å²) in [6.07, 6.45) is 4.61. The molecule has 0 radical (unpaired) electrons. The molecule has 0 aromatic heterocycles. The molecule has 0 heterocycles. The minimum atomic E-state index is -0.00495. The van der Waals surface area contributed by atoms with Crippen molar-refractivity contribution < 1.29 is 4.79 Å². The van der Waals surface area contributed by atoms with Crippen LogP contribution in [0.25, 0.3) is 0 Å². The lowest BCUT2D eigenvalue weighted by Gasteiger charge is -2.37. The fourth-order valence-electron chi connectivity index (χ4n) is 3.75. The highest BCUT2D eigenvalue weighted by Crippen LogP contribution is 2.37. The standard InChI is InChI=1S/C20H32ClNO/c1-6-11-20(12-15(2)3,13-16(4)5)14-22-19(23)17-7-9-18(21)10-8-17/h7-10,15-16H,6,11-14H2,1-5H3,(H,22,23). The number of carbonyl (C=O) groups excluding carboxylic acids is 1. The quantitative estimate of drug-likeness (QED) is 0.592. The van der Waals surface area contributed by atoms with E-state index in [0.717, 1.165) is 32.2 Å². The van der Waals surface area contributed by atoms with Crippen molar-refractivity contribution in [3.8, 4) is 0 Å². The molecule has 2 nitrogen and oxygen atoms in total. The first-order valence-corrected chi connectivity index (χ1v) is 9.19. The number of benzene rings is 1. The van der Waals surface area contributed by atoms with Gasteiger partial charge in [-0.15, -0.1) is 0 Å². The van der Waals surface area contributed by atoms with Crippen LogP contribution in [0.2, 0.25) is 5.02 Å². The summed E-state index contributed by atoms with van der Waals surface area (Å²) >= 11 is 5.89. The van der Waals surface area contributed by atoms with Gasteiger partial charge in [0.15, 0.2) is 0 Å². The van der Waals surface area contributed by atoms with E-state index in [-0.39, 0.29) is 11.3 Å². The zero-order chi connectivity index (χ0) is 17.5. The second-order valence-corrected chi connectivity index (χ2v) is 8.07. The Morgan fingerprint density at radius 2 is 1.61 bits per heavy atom. The zero-order valence-corrected chi connectivity index (χ0v) is 16.0. The van der Waals surface area contributed by atoms with E-state index in [1.807, 2.05) is 0 Å². The molecule has 3 heteroatoms. The Bertz CT molecular complexity index is 469. The summed E-state index contributed by atoms with van der Waals surface area (Å²) in [6, 6.07) is 7.09. The molecule has 23 heavy (non-hydrogen) atoms. The number of halogens is 1. The maximum atomic E-state index is 12.4. The second kappa shape index (κ2) is 9.32. The summed E-state index contributed by atoms with van der Waals surface area (Å²) in [7, 11) is 0. The van der Waals surface area contributed by atoms with Crippen molar-refractivity contribution in [2.24, 2.45) is 17.3 Å². The molecule has 1 aromatic carbocycles. The highest BCUT2D eigenvalue weighted by atomic mass is 35.5. The summed E-state index contributed by atoms with van der Waals surface area (Å²) < 4.78 is 0. The first-order chi connectivity index (χ1) is 10.8. The van der Waals surface area contributed by atoms with Gasteiger partial charge in [-0.25, -0.2) is 0 Å². The van der Waals surface area contributed by atoms with Crippen molar-refractivity contribution in [2.45, 2.75) is 60.3 Å². The summed E-state index contributed by atoms with van der Waals surface area (Å²) in [6.45, 7) is 12.1. The number of hydrogen-bond acceptors (Lipinski definition) is 1. The van der Waals surface area contributed by atoms with Crippen LogP contribution in [0.5, 0.6) is 0 Å². The van der Waals surface area contributed by atoms with Gasteiger partial charge in [-0.2, -0.15) is 0 Å². The van der Waals surface area contributed by atoms with Gasteiger partial charge in [0.1, 0.15) is 0 Å². The van der Waals surface area contributed by atoms with Crippen molar-refractivity contribution in [3.63, 3.8) is 0 Å². The minimum absolute atomic E-state index is 0.00495. The van der Waals surface area contributed by atoms with Crippen molar-refractivity contribution in [2.75, 3.05) is 6.54 Å². The Morgan fingerprint density at radius 3 is 2.04 bits per heavy atom. The SMILES string of the molecule is CCCC(CNC(=O)c1ccc(Cl)cc1)(CC(C)C)CC(C)C. The smallest absolute Gasteiger partial charge is 0.251 e. The van der Waals surface area contributed by atoms with E-state index in [0.29, 0.717) is 22.4 Å². The van der Waals surface area contributed by atoms with E-state index >= 15 is 0 Å². The van der Waals surface area contributed by atoms with E-state index in [1.54, 1.807) is 24.3 Å². The Balaban J connectivity index is 2.82. The highest BCUT2D eigenvalue weighted by molar-refractivity contribution is 6.30. The summed E-state index contributed by atoms with van der Waals surface area (Å²) in [5, 5.41) is 3.83. The van der Waals surface area contributed by atoms with Crippen LogP contribution in [0.4, 0.5) is 0 Å². The number of carbonyl (C=O) groups is 1. The van der Waals surface area contributed by atoms with Gasteiger partial charge >= 0.3 is 0 Å². The molecule has 0 unspecified atom stereocenters. The van der Waals surface area contributed by atoms with Crippen LogP contribution in [0, 0.1) is 17.3 Å². The Hall–Kier alpha value is -1.02. The van der Waals surface area contributed by atoms with Crippen LogP contribution in [0.3, 0.4) is 0 Å². The number of rotatable bonds is 9. The van der Waals surface area contributed by atoms with Gasteiger partial charge in [-0.3, -0.25) is 4.79 Å². The summed E-state index contributed by atoms with van der Waals surface area (Å²) in [4.78, 5) is 12.4.